The van der Waals surface area contributed by atoms with E-state index in [2.05, 4.69) is 6.92 Å². The highest BCUT2D eigenvalue weighted by atomic mass is 16.7. The molecule has 0 N–H and O–H groups in total. The second kappa shape index (κ2) is 4.52. The number of carbonyl (C=O) groups excluding carboxylic acids is 1. The van der Waals surface area contributed by atoms with Crippen molar-refractivity contribution in [3.05, 3.63) is 0 Å². The first-order valence-electron chi connectivity index (χ1n) is 7.64. The second-order valence-corrected chi connectivity index (χ2v) is 6.15. The fraction of sp³-hybridized carbons (Fsp3) is 0.933. The zero-order valence-corrected chi connectivity index (χ0v) is 11.4. The molecular weight excluding hydrogens is 228 g/mol. The molecule has 3 fully saturated rings. The Morgan fingerprint density at radius 3 is 2.61 bits per heavy atom. The molecule has 1 aliphatic heterocycles. The molecule has 1 saturated heterocycles. The summed E-state index contributed by atoms with van der Waals surface area (Å²) in [5.41, 5.74) is -0.728. The lowest BCUT2D eigenvalue weighted by molar-refractivity contribution is -0.157. The molecule has 3 nitrogen and oxygen atoms in total. The van der Waals surface area contributed by atoms with Crippen molar-refractivity contribution in [1.29, 1.82) is 0 Å². The molecule has 2 aliphatic carbocycles. The third kappa shape index (κ3) is 1.78. The summed E-state index contributed by atoms with van der Waals surface area (Å²) in [5.74, 6) is -0.0593. The average molecular weight is 252 g/mol. The fourth-order valence-electron chi connectivity index (χ4n) is 3.92. The van der Waals surface area contributed by atoms with Crippen LogP contribution in [0.5, 0.6) is 0 Å². The molecule has 0 aromatic carbocycles. The summed E-state index contributed by atoms with van der Waals surface area (Å²) < 4.78 is 11.7. The van der Waals surface area contributed by atoms with Gasteiger partial charge in [0.25, 0.3) is 0 Å². The van der Waals surface area contributed by atoms with E-state index in [0.29, 0.717) is 0 Å². The summed E-state index contributed by atoms with van der Waals surface area (Å²) in [6.45, 7) is 2.13. The number of carbonyl (C=O) groups is 1. The number of ether oxygens (including phenoxy) is 2. The number of epoxide rings is 1. The zero-order valence-electron chi connectivity index (χ0n) is 11.4. The van der Waals surface area contributed by atoms with Gasteiger partial charge in [0.2, 0.25) is 0 Å². The quantitative estimate of drug-likeness (QED) is 0.571. The van der Waals surface area contributed by atoms with Crippen molar-refractivity contribution < 1.29 is 14.3 Å². The van der Waals surface area contributed by atoms with Crippen LogP contribution in [-0.2, 0) is 14.3 Å². The van der Waals surface area contributed by atoms with E-state index in [-0.39, 0.29) is 17.7 Å². The summed E-state index contributed by atoms with van der Waals surface area (Å²) in [5, 5.41) is 0. The summed E-state index contributed by atoms with van der Waals surface area (Å²) in [6, 6.07) is 0. The van der Waals surface area contributed by atoms with Gasteiger partial charge in [0.05, 0.1) is 0 Å². The minimum Gasteiger partial charge on any atom is -0.460 e. The Balaban J connectivity index is 1.65. The number of esters is 1. The van der Waals surface area contributed by atoms with Crippen LogP contribution in [0.15, 0.2) is 0 Å². The Labute approximate surface area is 109 Å². The molecule has 2 unspecified atom stereocenters. The summed E-state index contributed by atoms with van der Waals surface area (Å²) in [6.07, 6.45) is 11.0. The smallest absolute Gasteiger partial charge is 0.341 e. The topological polar surface area (TPSA) is 38.8 Å². The maximum absolute atomic E-state index is 12.4. The average Bonchev–Trinajstić information content (AvgIpc) is 3.11. The van der Waals surface area contributed by atoms with Crippen LogP contribution in [-0.4, -0.2) is 23.3 Å². The first-order valence-corrected chi connectivity index (χ1v) is 7.64. The Kier molecular flexibility index (Phi) is 3.13. The molecule has 2 atom stereocenters. The van der Waals surface area contributed by atoms with Crippen LogP contribution < -0.4 is 0 Å². The van der Waals surface area contributed by atoms with E-state index in [1.165, 1.54) is 25.7 Å². The number of fused-ring (bicyclic) bond motifs is 1. The van der Waals surface area contributed by atoms with Crippen molar-refractivity contribution >= 4 is 5.97 Å². The predicted octanol–water partition coefficient (Wildman–Crippen LogP) is 3.35. The molecule has 3 rings (SSSR count). The maximum Gasteiger partial charge on any atom is 0.341 e. The minimum atomic E-state index is -0.558. The van der Waals surface area contributed by atoms with Crippen molar-refractivity contribution in [1.82, 2.24) is 0 Å². The van der Waals surface area contributed by atoms with E-state index in [9.17, 15) is 4.79 Å². The van der Waals surface area contributed by atoms with Gasteiger partial charge < -0.3 is 9.47 Å². The first kappa shape index (κ1) is 12.5. The zero-order chi connectivity index (χ0) is 12.6. The lowest BCUT2D eigenvalue weighted by atomic mass is 9.78. The van der Waals surface area contributed by atoms with Crippen LogP contribution in [0.1, 0.15) is 71.1 Å². The van der Waals surface area contributed by atoms with Gasteiger partial charge in [-0.2, -0.15) is 0 Å². The Bertz CT molecular complexity index is 335. The molecule has 0 aromatic heterocycles. The van der Waals surface area contributed by atoms with E-state index in [1.54, 1.807) is 0 Å². The van der Waals surface area contributed by atoms with Crippen LogP contribution in [0.4, 0.5) is 0 Å². The standard InChI is InChI=1S/C15H24O3/c1-2-14-10-6-7-11-15(14,18-14)13(16)17-12-8-4-3-5-9-12/h12H,2-11H2,1H3. The molecule has 18 heavy (non-hydrogen) atoms. The largest absolute Gasteiger partial charge is 0.460 e. The van der Waals surface area contributed by atoms with Gasteiger partial charge in [-0.3, -0.25) is 0 Å². The van der Waals surface area contributed by atoms with E-state index in [4.69, 9.17) is 9.47 Å². The fourth-order valence-corrected chi connectivity index (χ4v) is 3.92. The SMILES string of the molecule is CCC12CCCCC1(C(=O)OC1CCCCC1)O2. The molecule has 1 heterocycles. The van der Waals surface area contributed by atoms with Crippen molar-refractivity contribution in [2.75, 3.05) is 0 Å². The molecule has 3 heteroatoms. The first-order chi connectivity index (χ1) is 8.72. The van der Waals surface area contributed by atoms with Crippen LogP contribution in [0.25, 0.3) is 0 Å². The van der Waals surface area contributed by atoms with Crippen molar-refractivity contribution in [3.63, 3.8) is 0 Å². The van der Waals surface area contributed by atoms with Gasteiger partial charge in [0.1, 0.15) is 11.7 Å². The monoisotopic (exact) mass is 252 g/mol. The lowest BCUT2D eigenvalue weighted by Crippen LogP contribution is -2.40. The molecule has 2 saturated carbocycles. The van der Waals surface area contributed by atoms with Gasteiger partial charge in [-0.15, -0.1) is 0 Å². The number of hydrogen-bond acceptors (Lipinski definition) is 3. The molecule has 0 radical (unpaired) electrons. The van der Waals surface area contributed by atoms with Gasteiger partial charge in [-0.25, -0.2) is 4.79 Å². The van der Waals surface area contributed by atoms with Crippen LogP contribution in [0, 0.1) is 0 Å². The Hall–Kier alpha value is -0.570. The van der Waals surface area contributed by atoms with Gasteiger partial charge in [-0.1, -0.05) is 19.8 Å². The third-order valence-corrected chi connectivity index (χ3v) is 5.15. The third-order valence-electron chi connectivity index (χ3n) is 5.15. The maximum atomic E-state index is 12.4. The summed E-state index contributed by atoms with van der Waals surface area (Å²) >= 11 is 0. The highest BCUT2D eigenvalue weighted by molar-refractivity contribution is 5.85. The van der Waals surface area contributed by atoms with Crippen LogP contribution in [0.2, 0.25) is 0 Å². The van der Waals surface area contributed by atoms with E-state index in [0.717, 1.165) is 38.5 Å². The van der Waals surface area contributed by atoms with Crippen molar-refractivity contribution in [3.8, 4) is 0 Å². The van der Waals surface area contributed by atoms with Gasteiger partial charge in [-0.05, 0) is 51.4 Å². The van der Waals surface area contributed by atoms with E-state index in [1.807, 2.05) is 0 Å². The van der Waals surface area contributed by atoms with Crippen molar-refractivity contribution in [2.24, 2.45) is 0 Å². The van der Waals surface area contributed by atoms with E-state index < -0.39 is 5.60 Å². The molecule has 3 aliphatic rings. The molecule has 0 bridgehead atoms. The van der Waals surface area contributed by atoms with Crippen LogP contribution in [0.3, 0.4) is 0 Å². The molecule has 102 valence electrons. The van der Waals surface area contributed by atoms with Crippen LogP contribution >= 0.6 is 0 Å². The highest BCUT2D eigenvalue weighted by Crippen LogP contribution is 2.60. The van der Waals surface area contributed by atoms with Crippen molar-refractivity contribution in [2.45, 2.75) is 88.4 Å². The van der Waals surface area contributed by atoms with Gasteiger partial charge in [0.15, 0.2) is 5.60 Å². The summed E-state index contributed by atoms with van der Waals surface area (Å²) in [4.78, 5) is 12.4. The normalized spacial score (nSPS) is 40.1. The Morgan fingerprint density at radius 2 is 1.89 bits per heavy atom. The predicted molar refractivity (Wildman–Crippen MR) is 68.3 cm³/mol. The van der Waals surface area contributed by atoms with E-state index >= 15 is 0 Å². The highest BCUT2D eigenvalue weighted by Gasteiger charge is 2.74. The second-order valence-electron chi connectivity index (χ2n) is 6.15. The Morgan fingerprint density at radius 1 is 1.17 bits per heavy atom. The lowest BCUT2D eigenvalue weighted by Gasteiger charge is -2.27. The van der Waals surface area contributed by atoms with Gasteiger partial charge >= 0.3 is 5.97 Å². The number of hydrogen-bond donors (Lipinski definition) is 0. The minimum absolute atomic E-state index is 0.0593. The molecular formula is C15H24O3. The molecule has 0 aromatic rings. The van der Waals surface area contributed by atoms with Gasteiger partial charge in [0, 0.05) is 0 Å². The number of rotatable bonds is 3. The summed E-state index contributed by atoms with van der Waals surface area (Å²) in [7, 11) is 0. The molecule has 0 spiro atoms. The molecule has 0 amide bonds.